The summed E-state index contributed by atoms with van der Waals surface area (Å²) in [6.45, 7) is 4.16. The lowest BCUT2D eigenvalue weighted by Crippen LogP contribution is -2.50. The molecule has 0 aromatic carbocycles. The number of hydrogen-bond acceptors (Lipinski definition) is 4. The summed E-state index contributed by atoms with van der Waals surface area (Å²) in [6.07, 6.45) is 45.7. The second-order valence-corrected chi connectivity index (χ2v) is 14.5. The first-order chi connectivity index (χ1) is 23.6. The fraction of sp³-hybridized carbons (Fsp3) is 0.884. The van der Waals surface area contributed by atoms with E-state index in [1.54, 1.807) is 0 Å². The number of unbranched alkanes of at least 4 members (excludes halogenated alkanes) is 26. The number of aliphatic hydroxyl groups excluding tert-OH is 3. The Morgan fingerprint density at radius 2 is 0.854 bits per heavy atom. The molecule has 3 atom stereocenters. The highest BCUT2D eigenvalue weighted by Gasteiger charge is 2.26. The number of hydrogen-bond donors (Lipinski definition) is 4. The van der Waals surface area contributed by atoms with Crippen molar-refractivity contribution >= 4 is 5.91 Å². The maximum Gasteiger partial charge on any atom is 0.220 e. The van der Waals surface area contributed by atoms with Crippen LogP contribution in [-0.4, -0.2) is 46.1 Å². The molecule has 3 unspecified atom stereocenters. The minimum atomic E-state index is -1.16. The van der Waals surface area contributed by atoms with Crippen LogP contribution in [0.3, 0.4) is 0 Å². The highest BCUT2D eigenvalue weighted by molar-refractivity contribution is 5.76. The van der Waals surface area contributed by atoms with Gasteiger partial charge in [-0.2, -0.15) is 0 Å². The predicted molar refractivity (Wildman–Crippen MR) is 208 cm³/mol. The SMILES string of the molecule is CCCCCCCCCCCC/C=C/CC/C=C/CCCC(O)C(O)C(CO)NC(=O)CCCCCCCCCCCCCCCCC. The van der Waals surface area contributed by atoms with Crippen LogP contribution in [0.25, 0.3) is 0 Å². The highest BCUT2D eigenvalue weighted by Crippen LogP contribution is 2.15. The van der Waals surface area contributed by atoms with E-state index >= 15 is 0 Å². The van der Waals surface area contributed by atoms with Crippen LogP contribution in [0.1, 0.15) is 219 Å². The molecular formula is C43H83NO4. The van der Waals surface area contributed by atoms with Crippen molar-refractivity contribution < 1.29 is 20.1 Å². The van der Waals surface area contributed by atoms with Crippen LogP contribution in [0.4, 0.5) is 0 Å². The molecule has 4 N–H and O–H groups in total. The van der Waals surface area contributed by atoms with Gasteiger partial charge in [-0.1, -0.05) is 186 Å². The molecule has 5 heteroatoms. The topological polar surface area (TPSA) is 89.8 Å². The molecule has 1 amide bonds. The van der Waals surface area contributed by atoms with E-state index in [2.05, 4.69) is 43.5 Å². The Kier molecular flexibility index (Phi) is 37.7. The van der Waals surface area contributed by atoms with Gasteiger partial charge in [-0.3, -0.25) is 4.79 Å². The molecule has 0 fully saturated rings. The number of aliphatic hydroxyl groups is 3. The summed E-state index contributed by atoms with van der Waals surface area (Å²) in [5, 5.41) is 33.4. The normalized spacial score (nSPS) is 13.9. The monoisotopic (exact) mass is 678 g/mol. The standard InChI is InChI=1S/C43H83NO4/c1-3-5-7-9-11-13-15-17-19-20-21-22-24-25-27-29-31-33-35-37-41(46)43(48)40(39-45)44-42(47)38-36-34-32-30-28-26-23-18-16-14-12-10-8-6-4-2/h22,24,29,31,40-41,43,45-46,48H,3-21,23,25-28,30,32-39H2,1-2H3,(H,44,47)/b24-22+,31-29+. The third kappa shape index (κ3) is 33.3. The van der Waals surface area contributed by atoms with Gasteiger partial charge >= 0.3 is 0 Å². The average molecular weight is 678 g/mol. The molecule has 0 aromatic rings. The molecule has 0 saturated heterocycles. The molecule has 0 radical (unpaired) electrons. The first-order valence-corrected chi connectivity index (χ1v) is 21.1. The van der Waals surface area contributed by atoms with E-state index in [-0.39, 0.29) is 12.5 Å². The van der Waals surface area contributed by atoms with Crippen molar-refractivity contribution in [2.45, 2.75) is 238 Å². The van der Waals surface area contributed by atoms with Gasteiger partial charge in [0.05, 0.1) is 18.8 Å². The first kappa shape index (κ1) is 46.8. The molecule has 0 aliphatic rings. The van der Waals surface area contributed by atoms with Crippen LogP contribution in [0.15, 0.2) is 24.3 Å². The van der Waals surface area contributed by atoms with E-state index in [9.17, 15) is 20.1 Å². The third-order valence-electron chi connectivity index (χ3n) is 9.79. The zero-order chi connectivity index (χ0) is 35.2. The number of amides is 1. The quantitative estimate of drug-likeness (QED) is 0.0387. The summed E-state index contributed by atoms with van der Waals surface area (Å²) in [5.74, 6) is -0.157. The van der Waals surface area contributed by atoms with E-state index in [1.165, 1.54) is 148 Å². The Hall–Kier alpha value is -1.17. The highest BCUT2D eigenvalue weighted by atomic mass is 16.3. The zero-order valence-corrected chi connectivity index (χ0v) is 32.1. The molecule has 0 aliphatic carbocycles. The number of rotatable bonds is 38. The summed E-state index contributed by atoms with van der Waals surface area (Å²) in [6, 6.07) is -0.827. The molecule has 0 heterocycles. The smallest absolute Gasteiger partial charge is 0.220 e. The van der Waals surface area contributed by atoms with E-state index in [4.69, 9.17) is 0 Å². The maximum atomic E-state index is 12.4. The van der Waals surface area contributed by atoms with Crippen LogP contribution in [0, 0.1) is 0 Å². The van der Waals surface area contributed by atoms with Crippen molar-refractivity contribution in [2.75, 3.05) is 6.61 Å². The molecule has 0 rings (SSSR count). The molecule has 0 aliphatic heterocycles. The van der Waals surface area contributed by atoms with E-state index in [0.29, 0.717) is 12.8 Å². The van der Waals surface area contributed by atoms with E-state index in [1.807, 2.05) is 0 Å². The lowest BCUT2D eigenvalue weighted by Gasteiger charge is -2.26. The van der Waals surface area contributed by atoms with Gasteiger partial charge < -0.3 is 20.6 Å². The van der Waals surface area contributed by atoms with Crippen molar-refractivity contribution in [2.24, 2.45) is 0 Å². The lowest BCUT2D eigenvalue weighted by atomic mass is 10.0. The molecular weight excluding hydrogens is 594 g/mol. The second kappa shape index (κ2) is 38.6. The summed E-state index contributed by atoms with van der Waals surface area (Å²) < 4.78 is 0. The fourth-order valence-electron chi connectivity index (χ4n) is 6.47. The number of nitrogens with one attached hydrogen (secondary N) is 1. The van der Waals surface area contributed by atoms with Crippen LogP contribution in [-0.2, 0) is 4.79 Å². The van der Waals surface area contributed by atoms with Crippen molar-refractivity contribution in [3.8, 4) is 0 Å². The third-order valence-corrected chi connectivity index (χ3v) is 9.79. The van der Waals surface area contributed by atoms with Gasteiger partial charge in [0.1, 0.15) is 6.10 Å². The van der Waals surface area contributed by atoms with Gasteiger partial charge in [0, 0.05) is 6.42 Å². The molecule has 0 spiro atoms. The van der Waals surface area contributed by atoms with Crippen molar-refractivity contribution in [1.82, 2.24) is 5.32 Å². The predicted octanol–water partition coefficient (Wildman–Crippen LogP) is 11.8. The maximum absolute atomic E-state index is 12.4. The average Bonchev–Trinajstić information content (AvgIpc) is 3.09. The number of carbonyl (C=O) groups is 1. The lowest BCUT2D eigenvalue weighted by molar-refractivity contribution is -0.124. The molecule has 0 aromatic heterocycles. The Bertz CT molecular complexity index is 709. The summed E-state index contributed by atoms with van der Waals surface area (Å²) in [5.41, 5.74) is 0. The molecule has 284 valence electrons. The van der Waals surface area contributed by atoms with Crippen LogP contribution in [0.5, 0.6) is 0 Å². The Morgan fingerprint density at radius 3 is 1.27 bits per heavy atom. The van der Waals surface area contributed by atoms with Crippen molar-refractivity contribution in [1.29, 1.82) is 0 Å². The van der Waals surface area contributed by atoms with Gasteiger partial charge in [-0.25, -0.2) is 0 Å². The van der Waals surface area contributed by atoms with Crippen LogP contribution in [0.2, 0.25) is 0 Å². The molecule has 0 bridgehead atoms. The van der Waals surface area contributed by atoms with Crippen LogP contribution >= 0.6 is 0 Å². The van der Waals surface area contributed by atoms with Gasteiger partial charge in [-0.15, -0.1) is 0 Å². The zero-order valence-electron chi connectivity index (χ0n) is 32.1. The second-order valence-electron chi connectivity index (χ2n) is 14.5. The Labute approximate surface area is 299 Å². The van der Waals surface area contributed by atoms with E-state index in [0.717, 1.165) is 44.9 Å². The minimum absolute atomic E-state index is 0.157. The number of allylic oxidation sites excluding steroid dienone is 4. The van der Waals surface area contributed by atoms with Crippen LogP contribution < -0.4 is 5.32 Å². The van der Waals surface area contributed by atoms with Crippen molar-refractivity contribution in [3.63, 3.8) is 0 Å². The number of carbonyl (C=O) groups excluding carboxylic acids is 1. The van der Waals surface area contributed by atoms with Crippen molar-refractivity contribution in [3.05, 3.63) is 24.3 Å². The summed E-state index contributed by atoms with van der Waals surface area (Å²) >= 11 is 0. The Balaban J connectivity index is 3.70. The first-order valence-electron chi connectivity index (χ1n) is 21.1. The molecule has 5 nitrogen and oxygen atoms in total. The molecule has 48 heavy (non-hydrogen) atoms. The van der Waals surface area contributed by atoms with E-state index < -0.39 is 18.2 Å². The summed E-state index contributed by atoms with van der Waals surface area (Å²) in [7, 11) is 0. The fourth-order valence-corrected chi connectivity index (χ4v) is 6.47. The van der Waals surface area contributed by atoms with Gasteiger partial charge in [-0.05, 0) is 51.4 Å². The van der Waals surface area contributed by atoms with Gasteiger partial charge in [0.15, 0.2) is 0 Å². The largest absolute Gasteiger partial charge is 0.394 e. The van der Waals surface area contributed by atoms with Gasteiger partial charge in [0.2, 0.25) is 5.91 Å². The Morgan fingerprint density at radius 1 is 0.500 bits per heavy atom. The van der Waals surface area contributed by atoms with Gasteiger partial charge in [0.25, 0.3) is 0 Å². The summed E-state index contributed by atoms with van der Waals surface area (Å²) in [4.78, 5) is 12.4. The minimum Gasteiger partial charge on any atom is -0.394 e. The molecule has 0 saturated carbocycles.